The molecule has 0 bridgehead atoms. The predicted octanol–water partition coefficient (Wildman–Crippen LogP) is 4.64. The van der Waals surface area contributed by atoms with Crippen molar-refractivity contribution in [1.82, 2.24) is 0 Å². The van der Waals surface area contributed by atoms with Gasteiger partial charge in [-0.15, -0.1) is 0 Å². The SMILES string of the molecule is O=C(c1ccc(-c2ccc(C(=O)c3c(O)cccc3O)cc2)cc1)c1c(O)cccc1O. The van der Waals surface area contributed by atoms with Crippen molar-refractivity contribution in [3.63, 3.8) is 0 Å². The summed E-state index contributed by atoms with van der Waals surface area (Å²) in [5.41, 5.74) is 1.85. The molecule has 0 heterocycles. The molecule has 6 heteroatoms. The van der Waals surface area contributed by atoms with Crippen LogP contribution >= 0.6 is 0 Å². The fourth-order valence-corrected chi connectivity index (χ4v) is 3.44. The molecular weight excluding hydrogens is 408 g/mol. The lowest BCUT2D eigenvalue weighted by Crippen LogP contribution is -2.02. The molecule has 0 fully saturated rings. The van der Waals surface area contributed by atoms with Crippen LogP contribution in [0.3, 0.4) is 0 Å². The number of rotatable bonds is 5. The van der Waals surface area contributed by atoms with Crippen LogP contribution in [0.2, 0.25) is 0 Å². The number of phenols is 4. The van der Waals surface area contributed by atoms with E-state index in [4.69, 9.17) is 0 Å². The van der Waals surface area contributed by atoms with Gasteiger partial charge in [0.05, 0.1) is 0 Å². The van der Waals surface area contributed by atoms with Gasteiger partial charge in [0, 0.05) is 11.1 Å². The van der Waals surface area contributed by atoms with E-state index in [1.807, 2.05) is 0 Å². The van der Waals surface area contributed by atoms with Gasteiger partial charge in [0.1, 0.15) is 34.1 Å². The third kappa shape index (κ3) is 3.77. The molecule has 0 aliphatic heterocycles. The third-order valence-electron chi connectivity index (χ3n) is 5.12. The first-order valence-electron chi connectivity index (χ1n) is 9.68. The molecule has 0 aromatic heterocycles. The number of carbonyl (C=O) groups is 2. The molecule has 0 unspecified atom stereocenters. The second-order valence-corrected chi connectivity index (χ2v) is 7.16. The molecule has 32 heavy (non-hydrogen) atoms. The van der Waals surface area contributed by atoms with Crippen molar-refractivity contribution in [2.24, 2.45) is 0 Å². The summed E-state index contributed by atoms with van der Waals surface area (Å²) in [5, 5.41) is 39.6. The summed E-state index contributed by atoms with van der Waals surface area (Å²) in [7, 11) is 0. The van der Waals surface area contributed by atoms with Crippen LogP contribution in [-0.4, -0.2) is 32.0 Å². The third-order valence-corrected chi connectivity index (χ3v) is 5.12. The minimum Gasteiger partial charge on any atom is -0.507 e. The Kier molecular flexibility index (Phi) is 5.35. The molecule has 158 valence electrons. The Hall–Kier alpha value is -4.58. The summed E-state index contributed by atoms with van der Waals surface area (Å²) < 4.78 is 0. The van der Waals surface area contributed by atoms with E-state index in [0.29, 0.717) is 11.1 Å². The fourth-order valence-electron chi connectivity index (χ4n) is 3.44. The van der Waals surface area contributed by atoms with Crippen molar-refractivity contribution >= 4 is 11.6 Å². The summed E-state index contributed by atoms with van der Waals surface area (Å²) in [6, 6.07) is 21.4. The molecule has 4 aromatic carbocycles. The maximum atomic E-state index is 12.6. The van der Waals surface area contributed by atoms with E-state index in [2.05, 4.69) is 0 Å². The summed E-state index contributed by atoms with van der Waals surface area (Å²) in [6.45, 7) is 0. The van der Waals surface area contributed by atoms with Gasteiger partial charge in [0.2, 0.25) is 0 Å². The van der Waals surface area contributed by atoms with Gasteiger partial charge in [-0.3, -0.25) is 9.59 Å². The topological polar surface area (TPSA) is 115 Å². The van der Waals surface area contributed by atoms with E-state index in [1.165, 1.54) is 36.4 Å². The lowest BCUT2D eigenvalue weighted by atomic mass is 9.96. The molecule has 0 radical (unpaired) electrons. The van der Waals surface area contributed by atoms with Crippen molar-refractivity contribution in [1.29, 1.82) is 0 Å². The first-order valence-corrected chi connectivity index (χ1v) is 9.68. The van der Waals surface area contributed by atoms with E-state index in [9.17, 15) is 30.0 Å². The van der Waals surface area contributed by atoms with Crippen molar-refractivity contribution in [2.45, 2.75) is 0 Å². The van der Waals surface area contributed by atoms with Gasteiger partial charge in [0.25, 0.3) is 0 Å². The summed E-state index contributed by atoms with van der Waals surface area (Å²) in [5.74, 6) is -2.19. The van der Waals surface area contributed by atoms with E-state index in [1.54, 1.807) is 48.5 Å². The van der Waals surface area contributed by atoms with Crippen LogP contribution in [0.25, 0.3) is 11.1 Å². The van der Waals surface area contributed by atoms with Crippen molar-refractivity contribution < 1.29 is 30.0 Å². The van der Waals surface area contributed by atoms with Gasteiger partial charge in [-0.1, -0.05) is 60.7 Å². The van der Waals surface area contributed by atoms with Crippen LogP contribution in [0, 0.1) is 0 Å². The highest BCUT2D eigenvalue weighted by atomic mass is 16.3. The van der Waals surface area contributed by atoms with E-state index in [0.717, 1.165) is 11.1 Å². The molecular formula is C26H18O6. The Bertz CT molecular complexity index is 1180. The Balaban J connectivity index is 1.58. The van der Waals surface area contributed by atoms with Crippen molar-refractivity contribution in [3.05, 3.63) is 107 Å². The highest BCUT2D eigenvalue weighted by molar-refractivity contribution is 6.13. The minimum atomic E-state index is -0.504. The molecule has 4 N–H and O–H groups in total. The summed E-state index contributed by atoms with van der Waals surface area (Å²) in [6.07, 6.45) is 0. The Morgan fingerprint density at radius 1 is 0.438 bits per heavy atom. The Labute approximate surface area is 183 Å². The van der Waals surface area contributed by atoms with Gasteiger partial charge >= 0.3 is 0 Å². The summed E-state index contributed by atoms with van der Waals surface area (Å²) in [4.78, 5) is 25.3. The number of hydrogen-bond donors (Lipinski definition) is 4. The lowest BCUT2D eigenvalue weighted by molar-refractivity contribution is 0.102. The molecule has 4 aromatic rings. The first-order chi connectivity index (χ1) is 15.4. The average Bonchev–Trinajstić information content (AvgIpc) is 2.79. The zero-order chi connectivity index (χ0) is 22.8. The van der Waals surface area contributed by atoms with E-state index >= 15 is 0 Å². The Morgan fingerprint density at radius 2 is 0.719 bits per heavy atom. The van der Waals surface area contributed by atoms with Crippen LogP contribution in [0.5, 0.6) is 23.0 Å². The van der Waals surface area contributed by atoms with E-state index in [-0.39, 0.29) is 34.1 Å². The number of phenolic OH excluding ortho intramolecular Hbond substituents is 4. The molecule has 0 atom stereocenters. The molecule has 0 amide bonds. The molecule has 0 saturated carbocycles. The maximum Gasteiger partial charge on any atom is 0.200 e. The molecule has 0 aliphatic rings. The predicted molar refractivity (Wildman–Crippen MR) is 118 cm³/mol. The van der Waals surface area contributed by atoms with Crippen LogP contribution in [0.1, 0.15) is 31.8 Å². The number of benzene rings is 4. The van der Waals surface area contributed by atoms with Crippen LogP contribution in [0.4, 0.5) is 0 Å². The zero-order valence-corrected chi connectivity index (χ0v) is 16.7. The van der Waals surface area contributed by atoms with Crippen molar-refractivity contribution in [3.8, 4) is 34.1 Å². The highest BCUT2D eigenvalue weighted by Gasteiger charge is 2.19. The van der Waals surface area contributed by atoms with Gasteiger partial charge in [-0.25, -0.2) is 0 Å². The van der Waals surface area contributed by atoms with Crippen LogP contribution in [0.15, 0.2) is 84.9 Å². The number of ketones is 2. The summed E-state index contributed by atoms with van der Waals surface area (Å²) >= 11 is 0. The lowest BCUT2D eigenvalue weighted by Gasteiger charge is -2.09. The van der Waals surface area contributed by atoms with E-state index < -0.39 is 11.6 Å². The van der Waals surface area contributed by atoms with Gasteiger partial charge in [-0.05, 0) is 35.4 Å². The second-order valence-electron chi connectivity index (χ2n) is 7.16. The second kappa shape index (κ2) is 8.28. The zero-order valence-electron chi connectivity index (χ0n) is 16.7. The Morgan fingerprint density at radius 3 is 1.00 bits per heavy atom. The average molecular weight is 426 g/mol. The van der Waals surface area contributed by atoms with Crippen LogP contribution in [-0.2, 0) is 0 Å². The highest BCUT2D eigenvalue weighted by Crippen LogP contribution is 2.31. The van der Waals surface area contributed by atoms with Gasteiger partial charge in [-0.2, -0.15) is 0 Å². The smallest absolute Gasteiger partial charge is 0.200 e. The monoisotopic (exact) mass is 426 g/mol. The molecule has 6 nitrogen and oxygen atoms in total. The largest absolute Gasteiger partial charge is 0.507 e. The molecule has 0 spiro atoms. The standard InChI is InChI=1S/C26H18O6/c27-19-3-1-4-20(28)23(19)25(31)17-11-7-15(8-12-17)16-9-13-18(14-10-16)26(32)24-21(29)5-2-6-22(24)30/h1-14,27-30H. The first kappa shape index (κ1) is 20.7. The maximum absolute atomic E-state index is 12.6. The molecule has 4 rings (SSSR count). The number of hydrogen-bond acceptors (Lipinski definition) is 6. The van der Waals surface area contributed by atoms with Crippen LogP contribution < -0.4 is 0 Å². The van der Waals surface area contributed by atoms with Gasteiger partial charge in [0.15, 0.2) is 11.6 Å². The molecule has 0 aliphatic carbocycles. The normalized spacial score (nSPS) is 10.6. The number of aromatic hydroxyl groups is 4. The quantitative estimate of drug-likeness (QED) is 0.346. The van der Waals surface area contributed by atoms with Gasteiger partial charge < -0.3 is 20.4 Å². The fraction of sp³-hybridized carbons (Fsp3) is 0. The number of carbonyl (C=O) groups excluding carboxylic acids is 2. The minimum absolute atomic E-state index is 0.157. The molecule has 0 saturated heterocycles. The van der Waals surface area contributed by atoms with Crippen molar-refractivity contribution in [2.75, 3.05) is 0 Å².